The van der Waals surface area contributed by atoms with Gasteiger partial charge < -0.3 is 11.7 Å². The Morgan fingerprint density at radius 1 is 0.889 bits per heavy atom. The number of carbonyl (C=O) groups excluding carboxylic acids is 1. The molecule has 27 heavy (non-hydrogen) atoms. The summed E-state index contributed by atoms with van der Waals surface area (Å²) in [5, 5.41) is 4.32. The molecular formula is C23H35N2OY-. The van der Waals surface area contributed by atoms with Crippen molar-refractivity contribution >= 4 is 17.7 Å². The summed E-state index contributed by atoms with van der Waals surface area (Å²) in [6.45, 7) is 13.9. The molecule has 0 spiro atoms. The van der Waals surface area contributed by atoms with Crippen molar-refractivity contribution in [2.45, 2.75) is 53.5 Å². The van der Waals surface area contributed by atoms with E-state index in [1.54, 1.807) is 6.92 Å². The van der Waals surface area contributed by atoms with Crippen LogP contribution in [0, 0.1) is 6.92 Å². The summed E-state index contributed by atoms with van der Waals surface area (Å²) in [7, 11) is 0. The van der Waals surface area contributed by atoms with Crippen LogP contribution >= 0.6 is 0 Å². The molecule has 147 valence electrons. The number of hydrazine groups is 1. The van der Waals surface area contributed by atoms with Crippen molar-refractivity contribution in [3.05, 3.63) is 67.6 Å². The van der Waals surface area contributed by atoms with Gasteiger partial charge in [-0.15, -0.1) is 0 Å². The van der Waals surface area contributed by atoms with E-state index >= 15 is 0 Å². The maximum Gasteiger partial charge on any atom is 0.139 e. The van der Waals surface area contributed by atoms with Crippen LogP contribution in [-0.2, 0) is 37.5 Å². The molecule has 0 bridgehead atoms. The van der Waals surface area contributed by atoms with Gasteiger partial charge in [0.1, 0.15) is 6.29 Å². The second kappa shape index (κ2) is 18.3. The van der Waals surface area contributed by atoms with Gasteiger partial charge in [-0.25, -0.2) is 5.01 Å². The van der Waals surface area contributed by atoms with Gasteiger partial charge in [0.2, 0.25) is 0 Å². The first-order chi connectivity index (χ1) is 12.9. The number of benzene rings is 2. The average molecular weight is 444 g/mol. The second-order valence-corrected chi connectivity index (χ2v) is 4.99. The fourth-order valence-electron chi connectivity index (χ4n) is 2.75. The number of anilines is 2. The predicted octanol–water partition coefficient (Wildman–Crippen LogP) is 6.29. The topological polar surface area (TPSA) is 23.6 Å². The van der Waals surface area contributed by atoms with E-state index in [4.69, 9.17) is 0 Å². The first kappa shape index (κ1) is 28.2. The van der Waals surface area contributed by atoms with Crippen LogP contribution in [0.5, 0.6) is 0 Å². The van der Waals surface area contributed by atoms with Gasteiger partial charge in [0, 0.05) is 39.3 Å². The van der Waals surface area contributed by atoms with Crippen LogP contribution < -0.4 is 5.01 Å². The molecule has 1 fully saturated rings. The number of para-hydroxylation sites is 2. The first-order valence-corrected chi connectivity index (χ1v) is 9.73. The summed E-state index contributed by atoms with van der Waals surface area (Å²) in [5.41, 5.74) is 2.18. The van der Waals surface area contributed by atoms with Crippen LogP contribution in [-0.4, -0.2) is 23.9 Å². The third kappa shape index (κ3) is 8.68. The molecule has 2 aromatic rings. The van der Waals surface area contributed by atoms with E-state index in [2.05, 4.69) is 41.2 Å². The van der Waals surface area contributed by atoms with Gasteiger partial charge in [-0.05, 0) is 37.1 Å². The molecule has 1 atom stereocenters. The Morgan fingerprint density at radius 2 is 1.30 bits per heavy atom. The Labute approximate surface area is 192 Å². The zero-order chi connectivity index (χ0) is 19.8. The van der Waals surface area contributed by atoms with Gasteiger partial charge in [-0.1, -0.05) is 64.1 Å². The molecule has 3 nitrogen and oxygen atoms in total. The molecular weight excluding hydrogens is 409 g/mol. The van der Waals surface area contributed by atoms with Crippen molar-refractivity contribution in [1.82, 2.24) is 5.01 Å². The first-order valence-electron chi connectivity index (χ1n) is 9.73. The minimum atomic E-state index is -0.0320. The molecule has 0 saturated carbocycles. The average Bonchev–Trinajstić information content (AvgIpc) is 3.23. The smallest absolute Gasteiger partial charge is 0.139 e. The van der Waals surface area contributed by atoms with Gasteiger partial charge >= 0.3 is 0 Å². The third-order valence-electron chi connectivity index (χ3n) is 3.69. The van der Waals surface area contributed by atoms with E-state index in [0.717, 1.165) is 37.0 Å². The van der Waals surface area contributed by atoms with Crippen LogP contribution in [0.1, 0.15) is 47.5 Å². The van der Waals surface area contributed by atoms with E-state index < -0.39 is 0 Å². The molecule has 1 heterocycles. The van der Waals surface area contributed by atoms with Crippen molar-refractivity contribution in [2.75, 3.05) is 11.6 Å². The quantitative estimate of drug-likeness (QED) is 0.409. The Bertz CT molecular complexity index is 524. The van der Waals surface area contributed by atoms with Gasteiger partial charge in [-0.2, -0.15) is 6.92 Å². The van der Waals surface area contributed by atoms with Crippen LogP contribution in [0.4, 0.5) is 11.4 Å². The molecule has 0 aliphatic carbocycles. The molecule has 3 rings (SSSR count). The predicted molar refractivity (Wildman–Crippen MR) is 115 cm³/mol. The van der Waals surface area contributed by atoms with Gasteiger partial charge in [-0.3, -0.25) is 5.01 Å². The van der Waals surface area contributed by atoms with Crippen molar-refractivity contribution in [3.63, 3.8) is 0 Å². The Balaban J connectivity index is 0. The van der Waals surface area contributed by atoms with Crippen LogP contribution in [0.15, 0.2) is 60.7 Å². The van der Waals surface area contributed by atoms with E-state index in [1.165, 1.54) is 0 Å². The summed E-state index contributed by atoms with van der Waals surface area (Å²) in [4.78, 5) is 11.3. The number of nitrogens with zero attached hydrogens (tertiary/aromatic N) is 2. The van der Waals surface area contributed by atoms with E-state index in [9.17, 15) is 4.79 Å². The maximum absolute atomic E-state index is 11.3. The molecule has 1 radical (unpaired) electrons. The SMILES string of the molecule is CC.CC.O=C[C@@H]1CCCN1N(c1ccccc1)c1ccccc1.[CH2-]C.[Y]. The standard InChI is InChI=1S/C17H18N2O.2C2H6.C2H5.Y/c20-14-17-12-7-13-18(17)19(15-8-3-1-4-9-15)16-10-5-2-6-11-16;3*1-2;/h1-6,8-11,14,17H,7,12-13H2;2*1-2H3;1H2,2H3;/q;;;-1;/t17-;;;;/m0..../s1. The van der Waals surface area contributed by atoms with Crippen LogP contribution in [0.3, 0.4) is 0 Å². The van der Waals surface area contributed by atoms with Crippen molar-refractivity contribution in [1.29, 1.82) is 0 Å². The molecule has 0 amide bonds. The Kier molecular flexibility index (Phi) is 19.1. The number of rotatable bonds is 4. The fraction of sp³-hybridized carbons (Fsp3) is 0.391. The van der Waals surface area contributed by atoms with Gasteiger partial charge in [0.25, 0.3) is 0 Å². The summed E-state index contributed by atoms with van der Waals surface area (Å²) >= 11 is 0. The molecule has 0 unspecified atom stereocenters. The van der Waals surface area contributed by atoms with Crippen molar-refractivity contribution in [3.8, 4) is 0 Å². The maximum atomic E-state index is 11.3. The van der Waals surface area contributed by atoms with Gasteiger partial charge in [0.15, 0.2) is 0 Å². The second-order valence-electron chi connectivity index (χ2n) is 4.99. The molecule has 1 aliphatic rings. The zero-order valence-corrected chi connectivity index (χ0v) is 20.5. The molecule has 0 aromatic heterocycles. The summed E-state index contributed by atoms with van der Waals surface area (Å²) in [6, 6.07) is 20.4. The fourth-order valence-corrected chi connectivity index (χ4v) is 2.75. The monoisotopic (exact) mass is 444 g/mol. The minimum absolute atomic E-state index is 0. The zero-order valence-electron chi connectivity index (χ0n) is 17.6. The summed E-state index contributed by atoms with van der Waals surface area (Å²) < 4.78 is 0. The number of hydrogen-bond donors (Lipinski definition) is 0. The molecule has 4 heteroatoms. The minimum Gasteiger partial charge on any atom is -0.346 e. The molecule has 1 aliphatic heterocycles. The van der Waals surface area contributed by atoms with Crippen molar-refractivity contribution < 1.29 is 37.5 Å². The van der Waals surface area contributed by atoms with Crippen molar-refractivity contribution in [2.24, 2.45) is 0 Å². The Hall–Kier alpha value is -1.03. The number of hydrogen-bond acceptors (Lipinski definition) is 3. The summed E-state index contributed by atoms with van der Waals surface area (Å²) in [6.07, 6.45) is 3.05. The van der Waals surface area contributed by atoms with E-state index in [0.29, 0.717) is 0 Å². The summed E-state index contributed by atoms with van der Waals surface area (Å²) in [5.74, 6) is 0. The van der Waals surface area contributed by atoms with E-state index in [-0.39, 0.29) is 38.8 Å². The largest absolute Gasteiger partial charge is 0.346 e. The number of carbonyl (C=O) groups is 1. The van der Waals surface area contributed by atoms with E-state index in [1.807, 2.05) is 64.1 Å². The molecule has 2 aromatic carbocycles. The number of aldehydes is 1. The molecule has 0 N–H and O–H groups in total. The van der Waals surface area contributed by atoms with Crippen LogP contribution in [0.2, 0.25) is 0 Å². The molecule has 1 saturated heterocycles. The van der Waals surface area contributed by atoms with Crippen LogP contribution in [0.25, 0.3) is 0 Å². The van der Waals surface area contributed by atoms with Gasteiger partial charge in [0.05, 0.1) is 17.4 Å². The third-order valence-corrected chi connectivity index (χ3v) is 3.69. The normalized spacial score (nSPS) is 14.7. The Morgan fingerprint density at radius 3 is 1.67 bits per heavy atom.